The summed E-state index contributed by atoms with van der Waals surface area (Å²) in [5.74, 6) is 1.26. The molecular formula is C22H25NO6. The van der Waals surface area contributed by atoms with E-state index in [-0.39, 0.29) is 18.6 Å². The summed E-state index contributed by atoms with van der Waals surface area (Å²) in [5.41, 5.74) is 1.25. The largest absolute Gasteiger partial charge is 0.497 e. The molecule has 0 spiro atoms. The Morgan fingerprint density at radius 1 is 0.966 bits per heavy atom. The van der Waals surface area contributed by atoms with Crippen LogP contribution in [-0.4, -0.2) is 51.3 Å². The van der Waals surface area contributed by atoms with Crippen molar-refractivity contribution < 1.29 is 28.5 Å². The lowest BCUT2D eigenvalue weighted by molar-refractivity contribution is -0.135. The van der Waals surface area contributed by atoms with E-state index >= 15 is 0 Å². The quantitative estimate of drug-likeness (QED) is 0.666. The highest BCUT2D eigenvalue weighted by molar-refractivity contribution is 5.91. The number of likely N-dealkylation sites (tertiary alicyclic amines) is 1. The average molecular weight is 399 g/mol. The van der Waals surface area contributed by atoms with Gasteiger partial charge in [-0.25, -0.2) is 4.79 Å². The number of benzene rings is 2. The summed E-state index contributed by atoms with van der Waals surface area (Å²) in [6.07, 6.45) is 1.67. The van der Waals surface area contributed by atoms with E-state index in [0.29, 0.717) is 29.4 Å². The van der Waals surface area contributed by atoms with Crippen LogP contribution in [0.15, 0.2) is 42.5 Å². The van der Waals surface area contributed by atoms with Crippen molar-refractivity contribution >= 4 is 11.9 Å². The minimum atomic E-state index is -0.546. The van der Waals surface area contributed by atoms with E-state index in [9.17, 15) is 9.59 Å². The predicted molar refractivity (Wildman–Crippen MR) is 107 cm³/mol. The predicted octanol–water partition coefficient (Wildman–Crippen LogP) is 3.23. The zero-order chi connectivity index (χ0) is 20.8. The number of carbonyl (C=O) groups is 2. The first-order chi connectivity index (χ1) is 14.1. The Morgan fingerprint density at radius 2 is 1.66 bits per heavy atom. The fourth-order valence-electron chi connectivity index (χ4n) is 3.51. The van der Waals surface area contributed by atoms with Crippen LogP contribution in [0.1, 0.15) is 34.8 Å². The van der Waals surface area contributed by atoms with E-state index in [2.05, 4.69) is 0 Å². The van der Waals surface area contributed by atoms with Crippen LogP contribution in [0, 0.1) is 0 Å². The van der Waals surface area contributed by atoms with Gasteiger partial charge in [-0.3, -0.25) is 4.79 Å². The summed E-state index contributed by atoms with van der Waals surface area (Å²) >= 11 is 0. The van der Waals surface area contributed by atoms with Gasteiger partial charge in [-0.1, -0.05) is 0 Å². The van der Waals surface area contributed by atoms with Crippen molar-refractivity contribution in [1.82, 2.24) is 4.90 Å². The Kier molecular flexibility index (Phi) is 6.59. The maximum Gasteiger partial charge on any atom is 0.338 e. The Morgan fingerprint density at radius 3 is 2.31 bits per heavy atom. The number of rotatable bonds is 7. The molecule has 29 heavy (non-hydrogen) atoms. The molecule has 3 rings (SSSR count). The molecule has 0 N–H and O–H groups in total. The van der Waals surface area contributed by atoms with Crippen molar-refractivity contribution in [3.63, 3.8) is 0 Å². The SMILES string of the molecule is COc1ccc(C(=O)OCC(=O)N2CCC[C@H]2c2cc(OC)ccc2OC)cc1. The summed E-state index contributed by atoms with van der Waals surface area (Å²) in [6, 6.07) is 11.9. The maximum atomic E-state index is 12.8. The van der Waals surface area contributed by atoms with Crippen LogP contribution in [0.5, 0.6) is 17.2 Å². The van der Waals surface area contributed by atoms with Crippen LogP contribution in [0.25, 0.3) is 0 Å². The average Bonchev–Trinajstić information content (AvgIpc) is 3.26. The van der Waals surface area contributed by atoms with Crippen LogP contribution < -0.4 is 14.2 Å². The van der Waals surface area contributed by atoms with Gasteiger partial charge in [0.05, 0.1) is 32.9 Å². The van der Waals surface area contributed by atoms with Crippen molar-refractivity contribution in [2.24, 2.45) is 0 Å². The summed E-state index contributed by atoms with van der Waals surface area (Å²) in [6.45, 7) is 0.289. The lowest BCUT2D eigenvalue weighted by Gasteiger charge is -2.26. The summed E-state index contributed by atoms with van der Waals surface area (Å²) in [4.78, 5) is 26.7. The van der Waals surface area contributed by atoms with Gasteiger partial charge in [0.15, 0.2) is 6.61 Å². The molecule has 154 valence electrons. The van der Waals surface area contributed by atoms with Crippen molar-refractivity contribution in [3.05, 3.63) is 53.6 Å². The van der Waals surface area contributed by atoms with Crippen LogP contribution in [0.4, 0.5) is 0 Å². The van der Waals surface area contributed by atoms with Crippen LogP contribution in [0.2, 0.25) is 0 Å². The summed E-state index contributed by atoms with van der Waals surface area (Å²) < 4.78 is 21.1. The molecule has 2 aromatic rings. The zero-order valence-corrected chi connectivity index (χ0v) is 16.8. The number of methoxy groups -OCH3 is 3. The van der Waals surface area contributed by atoms with Crippen molar-refractivity contribution in [2.75, 3.05) is 34.5 Å². The van der Waals surface area contributed by atoms with Gasteiger partial charge < -0.3 is 23.8 Å². The third kappa shape index (κ3) is 4.62. The fourth-order valence-corrected chi connectivity index (χ4v) is 3.51. The first-order valence-corrected chi connectivity index (χ1v) is 9.40. The third-order valence-corrected chi connectivity index (χ3v) is 5.02. The van der Waals surface area contributed by atoms with E-state index in [1.54, 1.807) is 50.5 Å². The molecule has 1 fully saturated rings. The molecule has 0 aliphatic carbocycles. The number of carbonyl (C=O) groups excluding carboxylic acids is 2. The molecular weight excluding hydrogens is 374 g/mol. The van der Waals surface area contributed by atoms with Gasteiger partial charge in [0.2, 0.25) is 0 Å². The second-order valence-electron chi connectivity index (χ2n) is 6.66. The lowest BCUT2D eigenvalue weighted by Crippen LogP contribution is -2.34. The number of hydrogen-bond acceptors (Lipinski definition) is 6. The molecule has 1 saturated heterocycles. The van der Waals surface area contributed by atoms with Gasteiger partial charge in [0, 0.05) is 12.1 Å². The first-order valence-electron chi connectivity index (χ1n) is 9.40. The van der Waals surface area contributed by atoms with Gasteiger partial charge in [0.25, 0.3) is 5.91 Å². The van der Waals surface area contributed by atoms with E-state index in [1.807, 2.05) is 18.2 Å². The van der Waals surface area contributed by atoms with Crippen LogP contribution >= 0.6 is 0 Å². The lowest BCUT2D eigenvalue weighted by atomic mass is 10.0. The van der Waals surface area contributed by atoms with Gasteiger partial charge in [-0.05, 0) is 55.3 Å². The number of amides is 1. The molecule has 7 nitrogen and oxygen atoms in total. The third-order valence-electron chi connectivity index (χ3n) is 5.02. The van der Waals surface area contributed by atoms with Gasteiger partial charge >= 0.3 is 5.97 Å². The fraction of sp³-hybridized carbons (Fsp3) is 0.364. The second-order valence-corrected chi connectivity index (χ2v) is 6.66. The van der Waals surface area contributed by atoms with Gasteiger partial charge in [0.1, 0.15) is 17.2 Å². The number of nitrogens with zero attached hydrogens (tertiary/aromatic N) is 1. The van der Waals surface area contributed by atoms with Crippen molar-refractivity contribution in [3.8, 4) is 17.2 Å². The highest BCUT2D eigenvalue weighted by Crippen LogP contribution is 2.38. The second kappa shape index (κ2) is 9.32. The molecule has 2 aromatic carbocycles. The molecule has 1 heterocycles. The molecule has 1 amide bonds. The van der Waals surface area contributed by atoms with E-state index in [0.717, 1.165) is 18.4 Å². The molecule has 0 bridgehead atoms. The van der Waals surface area contributed by atoms with Crippen molar-refractivity contribution in [1.29, 1.82) is 0 Å². The molecule has 0 saturated carbocycles. The topological polar surface area (TPSA) is 74.3 Å². The van der Waals surface area contributed by atoms with Gasteiger partial charge in [-0.15, -0.1) is 0 Å². The molecule has 0 radical (unpaired) electrons. The van der Waals surface area contributed by atoms with E-state index in [4.69, 9.17) is 18.9 Å². The van der Waals surface area contributed by atoms with Crippen LogP contribution in [-0.2, 0) is 9.53 Å². The van der Waals surface area contributed by atoms with E-state index < -0.39 is 5.97 Å². The normalized spacial score (nSPS) is 15.7. The van der Waals surface area contributed by atoms with E-state index in [1.165, 1.54) is 0 Å². The Labute approximate surface area is 170 Å². The first kappa shape index (κ1) is 20.5. The van der Waals surface area contributed by atoms with Crippen molar-refractivity contribution in [2.45, 2.75) is 18.9 Å². The summed E-state index contributed by atoms with van der Waals surface area (Å²) in [5, 5.41) is 0. The number of ether oxygens (including phenoxy) is 4. The molecule has 1 aliphatic heterocycles. The molecule has 1 aliphatic rings. The molecule has 1 atom stereocenters. The Bertz CT molecular complexity index is 864. The summed E-state index contributed by atoms with van der Waals surface area (Å²) in [7, 11) is 4.75. The Balaban J connectivity index is 1.68. The standard InChI is InChI=1S/C22H25NO6/c1-26-16-8-6-15(7-9-16)22(25)29-14-21(24)23-12-4-5-19(23)18-13-17(27-2)10-11-20(18)28-3/h6-11,13,19H,4-5,12,14H2,1-3H3/t19-/m0/s1. The molecule has 0 aromatic heterocycles. The smallest absolute Gasteiger partial charge is 0.338 e. The van der Waals surface area contributed by atoms with Gasteiger partial charge in [-0.2, -0.15) is 0 Å². The monoisotopic (exact) mass is 399 g/mol. The maximum absolute atomic E-state index is 12.8. The molecule has 0 unspecified atom stereocenters. The minimum Gasteiger partial charge on any atom is -0.497 e. The minimum absolute atomic E-state index is 0.146. The van der Waals surface area contributed by atoms with Crippen LogP contribution in [0.3, 0.4) is 0 Å². The zero-order valence-electron chi connectivity index (χ0n) is 16.8. The highest BCUT2D eigenvalue weighted by Gasteiger charge is 2.32. The Hall–Kier alpha value is -3.22. The molecule has 7 heteroatoms. The number of esters is 1. The number of hydrogen-bond donors (Lipinski definition) is 0. The highest BCUT2D eigenvalue weighted by atomic mass is 16.5.